The molecule has 2 fully saturated rings. The van der Waals surface area contributed by atoms with Crippen LogP contribution in [0.25, 0.3) is 0 Å². The first kappa shape index (κ1) is 13.3. The standard InChI is InChI=1S/C11H21NO4S/c1-3-15-10-6-5-9-11(10)16-8-7-12(9)17(13,14)4-2/h9-11H,3-8H2,1-2H3/t9-,10+,11+/m0/s1. The van der Waals surface area contributed by atoms with E-state index in [9.17, 15) is 8.42 Å². The first-order valence-corrected chi connectivity index (χ1v) is 7.93. The molecule has 0 spiro atoms. The lowest BCUT2D eigenvalue weighted by molar-refractivity contribution is -0.0938. The lowest BCUT2D eigenvalue weighted by Gasteiger charge is -2.37. The Morgan fingerprint density at radius 2 is 2.12 bits per heavy atom. The van der Waals surface area contributed by atoms with Crippen LogP contribution in [0.1, 0.15) is 26.7 Å². The van der Waals surface area contributed by atoms with Gasteiger partial charge in [-0.15, -0.1) is 0 Å². The summed E-state index contributed by atoms with van der Waals surface area (Å²) in [5.74, 6) is 0.162. The van der Waals surface area contributed by atoms with Crippen LogP contribution in [-0.4, -0.2) is 56.5 Å². The quantitative estimate of drug-likeness (QED) is 0.745. The smallest absolute Gasteiger partial charge is 0.214 e. The third-order valence-electron chi connectivity index (χ3n) is 3.59. The normalized spacial score (nSPS) is 34.8. The van der Waals surface area contributed by atoms with Crippen LogP contribution in [0, 0.1) is 0 Å². The minimum absolute atomic E-state index is 0.0229. The lowest BCUT2D eigenvalue weighted by atomic mass is 10.1. The van der Waals surface area contributed by atoms with Crippen molar-refractivity contribution >= 4 is 10.0 Å². The minimum Gasteiger partial charge on any atom is -0.376 e. The van der Waals surface area contributed by atoms with E-state index < -0.39 is 10.0 Å². The zero-order valence-corrected chi connectivity index (χ0v) is 11.3. The number of nitrogens with zero attached hydrogens (tertiary/aromatic N) is 1. The van der Waals surface area contributed by atoms with Crippen LogP contribution in [0.3, 0.4) is 0 Å². The Bertz CT molecular complexity index is 356. The Labute approximate surface area is 103 Å². The number of hydrogen-bond donors (Lipinski definition) is 0. The Morgan fingerprint density at radius 1 is 1.35 bits per heavy atom. The van der Waals surface area contributed by atoms with Crippen LogP contribution >= 0.6 is 0 Å². The molecule has 1 aliphatic carbocycles. The zero-order chi connectivity index (χ0) is 12.5. The molecule has 3 atom stereocenters. The van der Waals surface area contributed by atoms with Crippen molar-refractivity contribution in [2.45, 2.75) is 44.9 Å². The molecular formula is C11H21NO4S. The zero-order valence-electron chi connectivity index (χ0n) is 10.5. The molecule has 2 rings (SSSR count). The van der Waals surface area contributed by atoms with E-state index in [4.69, 9.17) is 9.47 Å². The van der Waals surface area contributed by atoms with Crippen LogP contribution in [0.4, 0.5) is 0 Å². The molecule has 0 aromatic heterocycles. The maximum atomic E-state index is 12.0. The molecule has 1 saturated heterocycles. The van der Waals surface area contributed by atoms with Gasteiger partial charge in [-0.1, -0.05) is 0 Å². The fraction of sp³-hybridized carbons (Fsp3) is 1.00. The summed E-state index contributed by atoms with van der Waals surface area (Å²) >= 11 is 0. The monoisotopic (exact) mass is 263 g/mol. The summed E-state index contributed by atoms with van der Waals surface area (Å²) in [6.45, 7) is 5.25. The minimum atomic E-state index is -3.12. The average Bonchev–Trinajstić information content (AvgIpc) is 2.73. The maximum Gasteiger partial charge on any atom is 0.214 e. The van der Waals surface area contributed by atoms with Crippen molar-refractivity contribution in [3.63, 3.8) is 0 Å². The second kappa shape index (κ2) is 5.22. The lowest BCUT2D eigenvalue weighted by Crippen LogP contribution is -2.54. The molecule has 6 heteroatoms. The van der Waals surface area contributed by atoms with E-state index in [0.717, 1.165) is 12.8 Å². The van der Waals surface area contributed by atoms with Gasteiger partial charge < -0.3 is 9.47 Å². The summed E-state index contributed by atoms with van der Waals surface area (Å²) in [5, 5.41) is 0. The third-order valence-corrected chi connectivity index (χ3v) is 5.48. The summed E-state index contributed by atoms with van der Waals surface area (Å²) in [6, 6.07) is -0.0229. The molecule has 0 amide bonds. The number of ether oxygens (including phenoxy) is 2. The van der Waals surface area contributed by atoms with Gasteiger partial charge in [0.2, 0.25) is 10.0 Å². The van der Waals surface area contributed by atoms with Crippen molar-refractivity contribution in [1.82, 2.24) is 4.31 Å². The SMILES string of the molecule is CCO[C@@H]1CC[C@H]2[C@H]1OCCN2S(=O)(=O)CC. The highest BCUT2D eigenvalue weighted by Crippen LogP contribution is 2.33. The second-order valence-electron chi connectivity index (χ2n) is 4.49. The highest BCUT2D eigenvalue weighted by atomic mass is 32.2. The summed E-state index contributed by atoms with van der Waals surface area (Å²) in [6.07, 6.45) is 1.71. The van der Waals surface area contributed by atoms with E-state index >= 15 is 0 Å². The van der Waals surface area contributed by atoms with E-state index in [-0.39, 0.29) is 24.0 Å². The molecule has 0 radical (unpaired) electrons. The molecule has 0 aromatic rings. The molecule has 17 heavy (non-hydrogen) atoms. The van der Waals surface area contributed by atoms with Crippen LogP contribution in [0.5, 0.6) is 0 Å². The highest BCUT2D eigenvalue weighted by molar-refractivity contribution is 7.89. The first-order valence-electron chi connectivity index (χ1n) is 6.33. The highest BCUT2D eigenvalue weighted by Gasteiger charge is 2.46. The van der Waals surface area contributed by atoms with E-state index in [1.807, 2.05) is 6.92 Å². The molecule has 1 heterocycles. The largest absolute Gasteiger partial charge is 0.376 e. The molecule has 0 N–H and O–H groups in total. The maximum absolute atomic E-state index is 12.0. The van der Waals surface area contributed by atoms with E-state index in [1.54, 1.807) is 11.2 Å². The van der Waals surface area contributed by atoms with Crippen molar-refractivity contribution in [3.05, 3.63) is 0 Å². The Kier molecular flexibility index (Phi) is 4.07. The number of fused-ring (bicyclic) bond motifs is 1. The number of sulfonamides is 1. The van der Waals surface area contributed by atoms with Gasteiger partial charge in [0.25, 0.3) is 0 Å². The van der Waals surface area contributed by atoms with Gasteiger partial charge in [0.05, 0.1) is 24.5 Å². The summed E-state index contributed by atoms with van der Waals surface area (Å²) < 4.78 is 36.9. The van der Waals surface area contributed by atoms with Crippen molar-refractivity contribution in [3.8, 4) is 0 Å². The van der Waals surface area contributed by atoms with Gasteiger partial charge in [-0.05, 0) is 26.7 Å². The summed E-state index contributed by atoms with van der Waals surface area (Å²) in [5.41, 5.74) is 0. The fourth-order valence-corrected chi connectivity index (χ4v) is 4.11. The van der Waals surface area contributed by atoms with Gasteiger partial charge in [0.15, 0.2) is 0 Å². The van der Waals surface area contributed by atoms with Crippen LogP contribution in [-0.2, 0) is 19.5 Å². The van der Waals surface area contributed by atoms with E-state index in [1.165, 1.54) is 0 Å². The van der Waals surface area contributed by atoms with Gasteiger partial charge in [0, 0.05) is 13.2 Å². The molecular weight excluding hydrogens is 242 g/mol. The van der Waals surface area contributed by atoms with Crippen LogP contribution in [0.2, 0.25) is 0 Å². The van der Waals surface area contributed by atoms with Crippen molar-refractivity contribution < 1.29 is 17.9 Å². The van der Waals surface area contributed by atoms with Crippen molar-refractivity contribution in [1.29, 1.82) is 0 Å². The van der Waals surface area contributed by atoms with Crippen LogP contribution in [0.15, 0.2) is 0 Å². The van der Waals surface area contributed by atoms with Gasteiger partial charge in [-0.25, -0.2) is 8.42 Å². The van der Waals surface area contributed by atoms with E-state index in [0.29, 0.717) is 19.8 Å². The Balaban J connectivity index is 2.13. The first-order chi connectivity index (χ1) is 8.10. The van der Waals surface area contributed by atoms with Gasteiger partial charge in [0.1, 0.15) is 6.10 Å². The predicted molar refractivity (Wildman–Crippen MR) is 64.3 cm³/mol. The van der Waals surface area contributed by atoms with Crippen molar-refractivity contribution in [2.24, 2.45) is 0 Å². The van der Waals surface area contributed by atoms with E-state index in [2.05, 4.69) is 0 Å². The molecule has 2 aliphatic rings. The summed E-state index contributed by atoms with van der Waals surface area (Å²) in [7, 11) is -3.12. The topological polar surface area (TPSA) is 55.8 Å². The molecule has 100 valence electrons. The fourth-order valence-electron chi connectivity index (χ4n) is 2.79. The van der Waals surface area contributed by atoms with Crippen LogP contribution < -0.4 is 0 Å². The Morgan fingerprint density at radius 3 is 2.76 bits per heavy atom. The van der Waals surface area contributed by atoms with Crippen molar-refractivity contribution in [2.75, 3.05) is 25.5 Å². The molecule has 0 aromatic carbocycles. The third kappa shape index (κ3) is 2.50. The Hall–Kier alpha value is -0.170. The number of hydrogen-bond acceptors (Lipinski definition) is 4. The molecule has 1 saturated carbocycles. The molecule has 0 unspecified atom stereocenters. The number of morpholine rings is 1. The predicted octanol–water partition coefficient (Wildman–Crippen LogP) is 0.604. The summed E-state index contributed by atoms with van der Waals surface area (Å²) in [4.78, 5) is 0. The number of rotatable bonds is 4. The molecule has 5 nitrogen and oxygen atoms in total. The van der Waals surface area contributed by atoms with Gasteiger partial charge >= 0.3 is 0 Å². The molecule has 0 bridgehead atoms. The second-order valence-corrected chi connectivity index (χ2v) is 6.70. The molecule has 1 aliphatic heterocycles. The van der Waals surface area contributed by atoms with Gasteiger partial charge in [-0.2, -0.15) is 4.31 Å². The van der Waals surface area contributed by atoms with Gasteiger partial charge in [-0.3, -0.25) is 0 Å². The average molecular weight is 263 g/mol.